The molecular weight excluding hydrogens is 184 g/mol. The Hall–Kier alpha value is -1.65. The number of aromatic amines is 1. The van der Waals surface area contributed by atoms with Crippen LogP contribution in [-0.2, 0) is 9.53 Å². The van der Waals surface area contributed by atoms with Crippen LogP contribution in [0.2, 0.25) is 0 Å². The molecule has 0 saturated carbocycles. The maximum atomic E-state index is 11.5. The van der Waals surface area contributed by atoms with Gasteiger partial charge in [-0.3, -0.25) is 14.7 Å². The number of aryl methyl sites for hydroxylation is 1. The van der Waals surface area contributed by atoms with Crippen LogP contribution in [0.15, 0.2) is 6.20 Å². The lowest BCUT2D eigenvalue weighted by Crippen LogP contribution is -2.11. The number of nitrogens with one attached hydrogen (secondary N) is 1. The summed E-state index contributed by atoms with van der Waals surface area (Å²) in [7, 11) is 0. The number of carbonyl (C=O) groups excluding carboxylic acids is 2. The van der Waals surface area contributed by atoms with Crippen molar-refractivity contribution in [2.24, 2.45) is 0 Å². The number of nitrogens with zero attached hydrogens (tertiary/aromatic N) is 1. The predicted octanol–water partition coefficient (Wildman–Crippen LogP) is 0.854. The molecule has 0 aromatic carbocycles. The predicted molar refractivity (Wildman–Crippen MR) is 48.9 cm³/mol. The summed E-state index contributed by atoms with van der Waals surface area (Å²) >= 11 is 0. The van der Waals surface area contributed by atoms with Crippen LogP contribution in [0.25, 0.3) is 0 Å². The second-order valence-electron chi connectivity index (χ2n) is 2.81. The lowest BCUT2D eigenvalue weighted by atomic mass is 10.1. The standard InChI is InChI=1S/C9H12N2O3/c1-3-14-9(13)4-8(12)7-5-10-11-6(7)2/h5H,3-4H2,1-2H3,(H,10,11). The van der Waals surface area contributed by atoms with Crippen LogP contribution in [0, 0.1) is 6.92 Å². The maximum Gasteiger partial charge on any atom is 0.313 e. The van der Waals surface area contributed by atoms with Crippen LogP contribution in [0.3, 0.4) is 0 Å². The van der Waals surface area contributed by atoms with Crippen LogP contribution in [0.5, 0.6) is 0 Å². The number of carbonyl (C=O) groups is 2. The second kappa shape index (κ2) is 4.55. The summed E-state index contributed by atoms with van der Waals surface area (Å²) in [5.74, 6) is -0.771. The minimum Gasteiger partial charge on any atom is -0.466 e. The van der Waals surface area contributed by atoms with Gasteiger partial charge in [0.2, 0.25) is 0 Å². The first-order chi connectivity index (χ1) is 6.65. The summed E-state index contributed by atoms with van der Waals surface area (Å²) in [5, 5.41) is 6.33. The van der Waals surface area contributed by atoms with Gasteiger partial charge in [0, 0.05) is 5.69 Å². The molecule has 1 aromatic rings. The van der Waals surface area contributed by atoms with Gasteiger partial charge >= 0.3 is 5.97 Å². The Balaban J connectivity index is 2.59. The molecule has 0 aliphatic heterocycles. The van der Waals surface area contributed by atoms with E-state index >= 15 is 0 Å². The van der Waals surface area contributed by atoms with E-state index in [1.165, 1.54) is 6.20 Å². The number of Topliss-reactive ketones (excluding diaryl/α,β-unsaturated/α-hetero) is 1. The topological polar surface area (TPSA) is 72.1 Å². The van der Waals surface area contributed by atoms with Crippen LogP contribution in [-0.4, -0.2) is 28.6 Å². The molecule has 0 fully saturated rings. The Bertz CT molecular complexity index is 344. The molecule has 0 amide bonds. The summed E-state index contributed by atoms with van der Waals surface area (Å²) in [6.07, 6.45) is 1.19. The normalized spacial score (nSPS) is 9.86. The zero-order valence-electron chi connectivity index (χ0n) is 8.16. The number of esters is 1. The molecule has 0 aliphatic rings. The molecule has 0 unspecified atom stereocenters. The van der Waals surface area contributed by atoms with Crippen LogP contribution >= 0.6 is 0 Å². The first-order valence-electron chi connectivity index (χ1n) is 4.34. The lowest BCUT2D eigenvalue weighted by molar-refractivity contribution is -0.141. The summed E-state index contributed by atoms with van der Waals surface area (Å²) in [6, 6.07) is 0. The first kappa shape index (κ1) is 10.4. The van der Waals surface area contributed by atoms with Gasteiger partial charge in [0.1, 0.15) is 6.42 Å². The van der Waals surface area contributed by atoms with Crippen molar-refractivity contribution in [2.75, 3.05) is 6.61 Å². The molecule has 5 nitrogen and oxygen atoms in total. The molecule has 0 bridgehead atoms. The fourth-order valence-electron chi connectivity index (χ4n) is 1.07. The number of rotatable bonds is 4. The van der Waals surface area contributed by atoms with Gasteiger partial charge in [-0.15, -0.1) is 0 Å². The largest absolute Gasteiger partial charge is 0.466 e. The number of ether oxygens (including phenoxy) is 1. The van der Waals surface area contributed by atoms with E-state index in [-0.39, 0.29) is 18.8 Å². The van der Waals surface area contributed by atoms with E-state index in [4.69, 9.17) is 0 Å². The van der Waals surface area contributed by atoms with Gasteiger partial charge in [0.05, 0.1) is 18.4 Å². The molecule has 0 spiro atoms. The van der Waals surface area contributed by atoms with Crippen molar-refractivity contribution in [1.29, 1.82) is 0 Å². The number of hydrogen-bond acceptors (Lipinski definition) is 4. The molecule has 0 aliphatic carbocycles. The van der Waals surface area contributed by atoms with Crippen molar-refractivity contribution in [2.45, 2.75) is 20.3 Å². The van der Waals surface area contributed by atoms with E-state index in [2.05, 4.69) is 14.9 Å². The van der Waals surface area contributed by atoms with Crippen LogP contribution < -0.4 is 0 Å². The molecule has 0 radical (unpaired) electrons. The Kier molecular flexibility index (Phi) is 3.39. The maximum absolute atomic E-state index is 11.5. The third-order valence-corrected chi connectivity index (χ3v) is 1.74. The Morgan fingerprint density at radius 2 is 2.29 bits per heavy atom. The van der Waals surface area contributed by atoms with E-state index < -0.39 is 5.97 Å². The summed E-state index contributed by atoms with van der Waals surface area (Å²) < 4.78 is 4.66. The van der Waals surface area contributed by atoms with Crippen LogP contribution in [0.4, 0.5) is 0 Å². The van der Waals surface area contributed by atoms with Gasteiger partial charge in [0.15, 0.2) is 5.78 Å². The average molecular weight is 196 g/mol. The van der Waals surface area contributed by atoms with E-state index in [9.17, 15) is 9.59 Å². The van der Waals surface area contributed by atoms with Gasteiger partial charge in [-0.05, 0) is 13.8 Å². The van der Waals surface area contributed by atoms with Gasteiger partial charge in [-0.25, -0.2) is 0 Å². The quantitative estimate of drug-likeness (QED) is 0.440. The number of ketones is 1. The van der Waals surface area contributed by atoms with Gasteiger partial charge in [0.25, 0.3) is 0 Å². The molecule has 0 atom stereocenters. The van der Waals surface area contributed by atoms with Crippen molar-refractivity contribution < 1.29 is 14.3 Å². The van der Waals surface area contributed by atoms with Gasteiger partial charge in [-0.1, -0.05) is 0 Å². The Labute approximate surface area is 81.5 Å². The van der Waals surface area contributed by atoms with Crippen molar-refractivity contribution in [1.82, 2.24) is 10.2 Å². The molecule has 14 heavy (non-hydrogen) atoms. The molecule has 0 saturated heterocycles. The zero-order chi connectivity index (χ0) is 10.6. The lowest BCUT2D eigenvalue weighted by Gasteiger charge is -1.99. The number of hydrogen-bond donors (Lipinski definition) is 1. The molecular formula is C9H12N2O3. The highest BCUT2D eigenvalue weighted by Gasteiger charge is 2.15. The fourth-order valence-corrected chi connectivity index (χ4v) is 1.07. The van der Waals surface area contributed by atoms with E-state index in [1.54, 1.807) is 13.8 Å². The average Bonchev–Trinajstić information content (AvgIpc) is 2.51. The molecule has 1 aromatic heterocycles. The number of H-pyrrole nitrogens is 1. The van der Waals surface area contributed by atoms with E-state index in [0.717, 1.165) is 0 Å². The summed E-state index contributed by atoms with van der Waals surface area (Å²) in [4.78, 5) is 22.4. The Morgan fingerprint density at radius 3 is 2.79 bits per heavy atom. The minimum atomic E-state index is -0.502. The van der Waals surface area contributed by atoms with Crippen molar-refractivity contribution in [3.63, 3.8) is 0 Å². The van der Waals surface area contributed by atoms with Gasteiger partial charge in [-0.2, -0.15) is 5.10 Å². The zero-order valence-corrected chi connectivity index (χ0v) is 8.16. The highest BCUT2D eigenvalue weighted by molar-refractivity contribution is 6.06. The van der Waals surface area contributed by atoms with Crippen molar-refractivity contribution >= 4 is 11.8 Å². The monoisotopic (exact) mass is 196 g/mol. The molecule has 1 rings (SSSR count). The summed E-state index contributed by atoms with van der Waals surface area (Å²) in [6.45, 7) is 3.72. The van der Waals surface area contributed by atoms with E-state index in [0.29, 0.717) is 11.3 Å². The Morgan fingerprint density at radius 1 is 1.57 bits per heavy atom. The number of aromatic nitrogens is 2. The summed E-state index contributed by atoms with van der Waals surface area (Å²) in [5.41, 5.74) is 1.11. The highest BCUT2D eigenvalue weighted by atomic mass is 16.5. The molecule has 1 N–H and O–H groups in total. The molecule has 5 heteroatoms. The molecule has 76 valence electrons. The first-order valence-corrected chi connectivity index (χ1v) is 4.34. The SMILES string of the molecule is CCOC(=O)CC(=O)c1cn[nH]c1C. The van der Waals surface area contributed by atoms with Gasteiger partial charge < -0.3 is 4.74 Å². The van der Waals surface area contributed by atoms with Crippen molar-refractivity contribution in [3.8, 4) is 0 Å². The highest BCUT2D eigenvalue weighted by Crippen LogP contribution is 2.06. The smallest absolute Gasteiger partial charge is 0.313 e. The molecule has 1 heterocycles. The third kappa shape index (κ3) is 2.42. The third-order valence-electron chi connectivity index (χ3n) is 1.74. The fraction of sp³-hybridized carbons (Fsp3) is 0.444. The van der Waals surface area contributed by atoms with E-state index in [1.807, 2.05) is 0 Å². The second-order valence-corrected chi connectivity index (χ2v) is 2.81. The minimum absolute atomic E-state index is 0.228. The van der Waals surface area contributed by atoms with Crippen LogP contribution in [0.1, 0.15) is 29.4 Å². The van der Waals surface area contributed by atoms with Crippen molar-refractivity contribution in [3.05, 3.63) is 17.5 Å².